The molecule has 5 heteroatoms. The van der Waals surface area contributed by atoms with Gasteiger partial charge < -0.3 is 0 Å². The van der Waals surface area contributed by atoms with Crippen molar-refractivity contribution in [2.24, 2.45) is 0 Å². The average molecular weight is 202 g/mol. The van der Waals surface area contributed by atoms with Gasteiger partial charge in [0.25, 0.3) is 0 Å². The van der Waals surface area contributed by atoms with Crippen LogP contribution in [0.25, 0.3) is 0 Å². The third kappa shape index (κ3) is 2.69. The van der Waals surface area contributed by atoms with Crippen molar-refractivity contribution >= 4 is 34.9 Å². The van der Waals surface area contributed by atoms with E-state index in [0.717, 1.165) is 8.68 Å². The first-order chi connectivity index (χ1) is 5.36. The summed E-state index contributed by atoms with van der Waals surface area (Å²) < 4.78 is 1.84. The predicted molar refractivity (Wildman–Crippen MR) is 52.0 cm³/mol. The predicted octanol–water partition coefficient (Wildman–Crippen LogP) is 3.01. The normalized spacial score (nSPS) is 9.45. The van der Waals surface area contributed by atoms with Crippen LogP contribution >= 0.6 is 34.9 Å². The van der Waals surface area contributed by atoms with Crippen LogP contribution in [0, 0.1) is 0 Å². The van der Waals surface area contributed by atoms with E-state index >= 15 is 0 Å². The van der Waals surface area contributed by atoms with Crippen LogP contribution in [0.2, 0.25) is 0 Å². The van der Waals surface area contributed by atoms with Gasteiger partial charge in [0.15, 0.2) is 8.68 Å². The first-order valence-electron chi connectivity index (χ1n) is 2.75. The lowest BCUT2D eigenvalue weighted by Gasteiger charge is -1.80. The Morgan fingerprint density at radius 3 is 1.91 bits per heavy atom. The van der Waals surface area contributed by atoms with Gasteiger partial charge in [0.05, 0.1) is 0 Å². The van der Waals surface area contributed by atoms with Crippen molar-refractivity contribution in [3.63, 3.8) is 0 Å². The summed E-state index contributed by atoms with van der Waals surface area (Å²) in [6.07, 6.45) is 0. The summed E-state index contributed by atoms with van der Waals surface area (Å²) in [5.41, 5.74) is 0. The standard InChI is InChI=1S/C6H6N2S3/c1-3-9-5-7-8-6(11-5)10-4-2/h3-4H,1-2H2. The summed E-state index contributed by atoms with van der Waals surface area (Å²) in [5.74, 6) is 0. The third-order valence-electron chi connectivity index (χ3n) is 0.756. The zero-order valence-electron chi connectivity index (χ0n) is 5.69. The van der Waals surface area contributed by atoms with E-state index < -0.39 is 0 Å². The Hall–Kier alpha value is -0.260. The molecule has 0 aromatic carbocycles. The van der Waals surface area contributed by atoms with Crippen LogP contribution in [0.3, 0.4) is 0 Å². The monoisotopic (exact) mass is 202 g/mol. The fourth-order valence-electron chi connectivity index (χ4n) is 0.435. The maximum Gasteiger partial charge on any atom is 0.179 e. The van der Waals surface area contributed by atoms with E-state index in [9.17, 15) is 0 Å². The van der Waals surface area contributed by atoms with Gasteiger partial charge >= 0.3 is 0 Å². The van der Waals surface area contributed by atoms with Gasteiger partial charge in [0, 0.05) is 0 Å². The first-order valence-corrected chi connectivity index (χ1v) is 5.33. The van der Waals surface area contributed by atoms with Gasteiger partial charge in [0.2, 0.25) is 0 Å². The molecule has 0 saturated carbocycles. The third-order valence-corrected chi connectivity index (χ3v) is 3.25. The second-order valence-corrected chi connectivity index (χ2v) is 4.81. The minimum atomic E-state index is 0.921. The summed E-state index contributed by atoms with van der Waals surface area (Å²) in [7, 11) is 0. The van der Waals surface area contributed by atoms with Crippen LogP contribution in [-0.4, -0.2) is 10.2 Å². The molecule has 0 amide bonds. The molecule has 1 heterocycles. The molecular weight excluding hydrogens is 196 g/mol. The molecule has 0 aliphatic rings. The first kappa shape index (κ1) is 8.83. The Balaban J connectivity index is 2.64. The van der Waals surface area contributed by atoms with Crippen molar-refractivity contribution in [2.45, 2.75) is 8.68 Å². The maximum atomic E-state index is 3.92. The molecule has 2 nitrogen and oxygen atoms in total. The molecule has 0 radical (unpaired) electrons. The Labute approximate surface area is 77.8 Å². The largest absolute Gasteiger partial charge is 0.179 e. The number of thioether (sulfide) groups is 2. The Kier molecular flexibility index (Phi) is 3.68. The minimum absolute atomic E-state index is 0.921. The van der Waals surface area contributed by atoms with E-state index in [1.807, 2.05) is 0 Å². The van der Waals surface area contributed by atoms with Crippen molar-refractivity contribution in [2.75, 3.05) is 0 Å². The highest BCUT2D eigenvalue weighted by atomic mass is 32.2. The molecule has 1 aromatic heterocycles. The van der Waals surface area contributed by atoms with Crippen LogP contribution < -0.4 is 0 Å². The molecule has 0 aliphatic heterocycles. The molecule has 0 bridgehead atoms. The SMILES string of the molecule is C=CSc1nnc(SC=C)s1. The molecular formula is C6H6N2S3. The molecule has 11 heavy (non-hydrogen) atoms. The second-order valence-electron chi connectivity index (χ2n) is 1.40. The lowest BCUT2D eigenvalue weighted by Crippen LogP contribution is -1.67. The van der Waals surface area contributed by atoms with E-state index in [4.69, 9.17) is 0 Å². The van der Waals surface area contributed by atoms with Crippen molar-refractivity contribution in [3.8, 4) is 0 Å². The number of nitrogens with zero attached hydrogens (tertiary/aromatic N) is 2. The van der Waals surface area contributed by atoms with Crippen molar-refractivity contribution in [1.82, 2.24) is 10.2 Å². The molecule has 0 N–H and O–H groups in total. The summed E-state index contributed by atoms with van der Waals surface area (Å²) in [5, 5.41) is 11.3. The maximum absolute atomic E-state index is 3.92. The highest BCUT2D eigenvalue weighted by molar-refractivity contribution is 8.05. The highest BCUT2D eigenvalue weighted by Gasteiger charge is 2.00. The summed E-state index contributed by atoms with van der Waals surface area (Å²) in [6.45, 7) is 7.17. The number of aromatic nitrogens is 2. The Morgan fingerprint density at radius 2 is 1.55 bits per heavy atom. The fourth-order valence-corrected chi connectivity index (χ4v) is 2.63. The van der Waals surface area contributed by atoms with E-state index in [-0.39, 0.29) is 0 Å². The lowest BCUT2D eigenvalue weighted by atomic mass is 11.3. The van der Waals surface area contributed by atoms with Crippen LogP contribution in [-0.2, 0) is 0 Å². The van der Waals surface area contributed by atoms with Crippen LogP contribution in [0.1, 0.15) is 0 Å². The summed E-state index contributed by atoms with van der Waals surface area (Å²) in [6, 6.07) is 0. The van der Waals surface area contributed by atoms with Gasteiger partial charge in [0.1, 0.15) is 0 Å². The van der Waals surface area contributed by atoms with Crippen LogP contribution in [0.15, 0.2) is 32.7 Å². The quantitative estimate of drug-likeness (QED) is 0.701. The molecule has 1 aromatic rings. The second kappa shape index (κ2) is 4.58. The zero-order chi connectivity index (χ0) is 8.10. The van der Waals surface area contributed by atoms with Gasteiger partial charge in [-0.3, -0.25) is 0 Å². The van der Waals surface area contributed by atoms with Gasteiger partial charge in [-0.05, 0) is 10.8 Å². The average Bonchev–Trinajstić information content (AvgIpc) is 2.38. The van der Waals surface area contributed by atoms with Crippen molar-refractivity contribution in [3.05, 3.63) is 24.0 Å². The van der Waals surface area contributed by atoms with Gasteiger partial charge in [-0.25, -0.2) is 0 Å². The van der Waals surface area contributed by atoms with Gasteiger partial charge in [-0.1, -0.05) is 48.0 Å². The fraction of sp³-hybridized carbons (Fsp3) is 0. The van der Waals surface area contributed by atoms with Gasteiger partial charge in [-0.15, -0.1) is 10.2 Å². The van der Waals surface area contributed by atoms with Crippen LogP contribution in [0.4, 0.5) is 0 Å². The van der Waals surface area contributed by atoms with E-state index in [1.54, 1.807) is 22.2 Å². The Morgan fingerprint density at radius 1 is 1.09 bits per heavy atom. The number of hydrogen-bond acceptors (Lipinski definition) is 5. The summed E-state index contributed by atoms with van der Waals surface area (Å²) >= 11 is 4.51. The minimum Gasteiger partial charge on any atom is -0.130 e. The van der Waals surface area contributed by atoms with Crippen LogP contribution in [0.5, 0.6) is 0 Å². The number of rotatable bonds is 4. The molecule has 0 aliphatic carbocycles. The molecule has 0 fully saturated rings. The highest BCUT2D eigenvalue weighted by Crippen LogP contribution is 2.28. The molecule has 58 valence electrons. The Bertz CT molecular complexity index is 232. The van der Waals surface area contributed by atoms with E-state index in [0.29, 0.717) is 0 Å². The van der Waals surface area contributed by atoms with E-state index in [1.165, 1.54) is 23.5 Å². The molecule has 0 spiro atoms. The molecule has 0 saturated heterocycles. The topological polar surface area (TPSA) is 25.8 Å². The van der Waals surface area contributed by atoms with E-state index in [2.05, 4.69) is 23.4 Å². The smallest absolute Gasteiger partial charge is 0.130 e. The van der Waals surface area contributed by atoms with Crippen molar-refractivity contribution < 1.29 is 0 Å². The van der Waals surface area contributed by atoms with Gasteiger partial charge in [-0.2, -0.15) is 0 Å². The molecule has 0 unspecified atom stereocenters. The van der Waals surface area contributed by atoms with Crippen molar-refractivity contribution in [1.29, 1.82) is 0 Å². The number of hydrogen-bond donors (Lipinski definition) is 0. The summed E-state index contributed by atoms with van der Waals surface area (Å²) in [4.78, 5) is 0. The zero-order valence-corrected chi connectivity index (χ0v) is 8.14. The molecule has 0 atom stereocenters. The molecule has 1 rings (SSSR count). The lowest BCUT2D eigenvalue weighted by molar-refractivity contribution is 0.957.